The maximum absolute atomic E-state index is 13.8. The number of unbranched alkanes of at least 4 members (excludes halogenated alkanes) is 2. The molecule has 0 saturated heterocycles. The van der Waals surface area contributed by atoms with Crippen molar-refractivity contribution in [3.05, 3.63) is 0 Å². The maximum Gasteiger partial charge on any atom is 0.245 e. The topological polar surface area (TPSA) is 310 Å². The molecule has 7 amide bonds. The Morgan fingerprint density at radius 1 is 0.482 bits per heavy atom. The summed E-state index contributed by atoms with van der Waals surface area (Å²) < 4.78 is 0. The summed E-state index contributed by atoms with van der Waals surface area (Å²) in [6.07, 6.45) is 2.43. The highest BCUT2D eigenvalue weighted by Crippen LogP contribution is 2.13. The zero-order valence-corrected chi connectivity index (χ0v) is 34.8. The summed E-state index contributed by atoms with van der Waals surface area (Å²) in [7, 11) is 0. The number of nitrogens with one attached hydrogen (secondary N) is 6. The molecule has 8 atom stereocenters. The van der Waals surface area contributed by atoms with Gasteiger partial charge in [-0.05, 0) is 89.1 Å². The third kappa shape index (κ3) is 20.9. The Morgan fingerprint density at radius 2 is 0.857 bits per heavy atom. The molecule has 0 aromatic carbocycles. The monoisotopic (exact) mass is 800 g/mol. The normalized spacial score (nSPS) is 15.8. The Bertz CT molecular complexity index is 1250. The molecule has 0 aliphatic carbocycles. The van der Waals surface area contributed by atoms with Gasteiger partial charge in [0, 0.05) is 5.92 Å². The van der Waals surface area contributed by atoms with E-state index in [4.69, 9.17) is 17.2 Å². The molecule has 18 heteroatoms. The minimum absolute atomic E-state index is 0.0170. The molecule has 18 nitrogen and oxygen atoms in total. The average molecular weight is 800 g/mol. The number of nitrogens with two attached hydrogens (primary N) is 3. The standard InChI is InChI=1S/C38H73N9O9/c1-21(2)17-27(32(41)50)43-38(56)31(25(8)49)47-37(55)30(20-48)46-34(52)26(14-10-12-16-40)42-35(53)29(19-23(5)6)45-36(54)28(18-22(3)4)44-33(51)24(7)13-9-11-15-39/h21-31,48-49H,9-20,39-40H2,1-8H3,(H2,41,50)(H,42,53)(H,43,56)(H,44,51)(H,45,54)(H,46,52)(H,47,55)/t24-,25?,26-,27-,28-,29-,30-,31?/m0/s1. The zero-order valence-electron chi connectivity index (χ0n) is 34.8. The van der Waals surface area contributed by atoms with Crippen LogP contribution in [0.4, 0.5) is 0 Å². The van der Waals surface area contributed by atoms with Crippen LogP contribution in [0.5, 0.6) is 0 Å². The first kappa shape index (κ1) is 52.1. The fourth-order valence-corrected chi connectivity index (χ4v) is 5.86. The summed E-state index contributed by atoms with van der Waals surface area (Å²) >= 11 is 0. The van der Waals surface area contributed by atoms with Gasteiger partial charge in [0.15, 0.2) is 0 Å². The number of primary amides is 1. The molecule has 0 radical (unpaired) electrons. The van der Waals surface area contributed by atoms with E-state index in [1.54, 1.807) is 6.92 Å². The number of hydrogen-bond donors (Lipinski definition) is 11. The molecule has 0 heterocycles. The number of aliphatic hydroxyl groups is 2. The van der Waals surface area contributed by atoms with Crippen LogP contribution in [0.3, 0.4) is 0 Å². The van der Waals surface area contributed by atoms with Crippen molar-refractivity contribution in [1.82, 2.24) is 31.9 Å². The maximum atomic E-state index is 13.8. The van der Waals surface area contributed by atoms with E-state index < -0.39 is 84.4 Å². The Morgan fingerprint density at radius 3 is 1.29 bits per heavy atom. The Labute approximate surface area is 332 Å². The van der Waals surface area contributed by atoms with Crippen molar-refractivity contribution in [2.75, 3.05) is 19.7 Å². The lowest BCUT2D eigenvalue weighted by Crippen LogP contribution is -2.62. The van der Waals surface area contributed by atoms with E-state index in [0.717, 1.165) is 12.8 Å². The molecule has 2 unspecified atom stereocenters. The minimum atomic E-state index is -1.61. The van der Waals surface area contributed by atoms with Gasteiger partial charge < -0.3 is 59.3 Å². The van der Waals surface area contributed by atoms with Crippen LogP contribution in [0.1, 0.15) is 113 Å². The first-order valence-corrected chi connectivity index (χ1v) is 20.0. The van der Waals surface area contributed by atoms with Gasteiger partial charge in [0.2, 0.25) is 41.4 Å². The smallest absolute Gasteiger partial charge is 0.245 e. The summed E-state index contributed by atoms with van der Waals surface area (Å²) in [4.78, 5) is 92.3. The first-order valence-electron chi connectivity index (χ1n) is 20.0. The van der Waals surface area contributed by atoms with Crippen LogP contribution in [0.15, 0.2) is 0 Å². The van der Waals surface area contributed by atoms with Crippen LogP contribution in [0, 0.1) is 23.7 Å². The molecule has 56 heavy (non-hydrogen) atoms. The first-order chi connectivity index (χ1) is 26.2. The summed E-state index contributed by atoms with van der Waals surface area (Å²) in [5, 5.41) is 35.8. The molecular weight excluding hydrogens is 726 g/mol. The predicted octanol–water partition coefficient (Wildman–Crippen LogP) is -1.21. The molecule has 0 aromatic heterocycles. The van der Waals surface area contributed by atoms with Crippen molar-refractivity contribution >= 4 is 41.4 Å². The Kier molecular flexibility index (Phi) is 25.8. The second-order valence-corrected chi connectivity index (χ2v) is 16.0. The van der Waals surface area contributed by atoms with Gasteiger partial charge in [0.05, 0.1) is 12.7 Å². The van der Waals surface area contributed by atoms with E-state index >= 15 is 0 Å². The van der Waals surface area contributed by atoms with Gasteiger partial charge in [-0.15, -0.1) is 0 Å². The highest BCUT2D eigenvalue weighted by molar-refractivity contribution is 5.97. The van der Waals surface area contributed by atoms with Gasteiger partial charge in [-0.3, -0.25) is 33.6 Å². The lowest BCUT2D eigenvalue weighted by Gasteiger charge is -2.28. The minimum Gasteiger partial charge on any atom is -0.394 e. The van der Waals surface area contributed by atoms with Crippen LogP contribution in [0.25, 0.3) is 0 Å². The Hall–Kier alpha value is -3.87. The molecule has 0 saturated carbocycles. The third-order valence-electron chi connectivity index (χ3n) is 9.04. The summed E-state index contributed by atoms with van der Waals surface area (Å²) in [5.41, 5.74) is 16.7. The van der Waals surface area contributed by atoms with Crippen molar-refractivity contribution in [2.24, 2.45) is 40.9 Å². The van der Waals surface area contributed by atoms with E-state index in [1.165, 1.54) is 6.92 Å². The van der Waals surface area contributed by atoms with Crippen LogP contribution in [-0.4, -0.2) is 114 Å². The third-order valence-corrected chi connectivity index (χ3v) is 9.04. The van der Waals surface area contributed by atoms with Crippen molar-refractivity contribution in [1.29, 1.82) is 0 Å². The second kappa shape index (κ2) is 27.7. The highest BCUT2D eigenvalue weighted by Gasteiger charge is 2.35. The van der Waals surface area contributed by atoms with Crippen molar-refractivity contribution < 1.29 is 43.8 Å². The number of carbonyl (C=O) groups excluding carboxylic acids is 7. The van der Waals surface area contributed by atoms with E-state index in [2.05, 4.69) is 31.9 Å². The summed E-state index contributed by atoms with van der Waals surface area (Å²) in [5.74, 6) is -5.48. The molecule has 0 rings (SSSR count). The summed E-state index contributed by atoms with van der Waals surface area (Å²) in [6.45, 7) is 14.1. The van der Waals surface area contributed by atoms with Gasteiger partial charge in [-0.2, -0.15) is 0 Å². The van der Waals surface area contributed by atoms with Crippen LogP contribution >= 0.6 is 0 Å². The quantitative estimate of drug-likeness (QED) is 0.0399. The van der Waals surface area contributed by atoms with E-state index in [0.29, 0.717) is 38.8 Å². The largest absolute Gasteiger partial charge is 0.394 e. The van der Waals surface area contributed by atoms with Gasteiger partial charge in [-0.1, -0.05) is 54.9 Å². The molecule has 0 aromatic rings. The average Bonchev–Trinajstić information content (AvgIpc) is 3.10. The van der Waals surface area contributed by atoms with Gasteiger partial charge in [0.1, 0.15) is 36.3 Å². The number of rotatable bonds is 29. The Balaban J connectivity index is 6.12. The number of hydrogen-bond acceptors (Lipinski definition) is 11. The molecule has 324 valence electrons. The van der Waals surface area contributed by atoms with Crippen molar-refractivity contribution in [3.63, 3.8) is 0 Å². The lowest BCUT2D eigenvalue weighted by atomic mass is 9.98. The molecular formula is C38H73N9O9. The van der Waals surface area contributed by atoms with Crippen LogP contribution < -0.4 is 49.1 Å². The zero-order chi connectivity index (χ0) is 43.1. The van der Waals surface area contributed by atoms with Crippen molar-refractivity contribution in [2.45, 2.75) is 156 Å². The number of amides is 7. The van der Waals surface area contributed by atoms with Gasteiger partial charge >= 0.3 is 0 Å². The fraction of sp³-hybridized carbons (Fsp3) is 0.816. The van der Waals surface area contributed by atoms with E-state index in [9.17, 15) is 43.8 Å². The molecule has 0 aliphatic rings. The lowest BCUT2D eigenvalue weighted by molar-refractivity contribution is -0.137. The molecule has 0 fully saturated rings. The summed E-state index contributed by atoms with van der Waals surface area (Å²) in [6, 6.07) is -7.51. The highest BCUT2D eigenvalue weighted by atomic mass is 16.3. The van der Waals surface area contributed by atoms with E-state index in [1.807, 2.05) is 41.5 Å². The fourth-order valence-electron chi connectivity index (χ4n) is 5.86. The molecule has 14 N–H and O–H groups in total. The van der Waals surface area contributed by atoms with Gasteiger partial charge in [-0.25, -0.2) is 0 Å². The SMILES string of the molecule is CC(C)C[C@H](NC(=O)C(NC(=O)[C@H](CO)NC(=O)[C@H](CCCCN)NC(=O)[C@H](CC(C)C)NC(=O)[C@H](CC(C)C)NC(=O)[C@@H](C)CCCCN)C(C)O)C(N)=O. The molecule has 0 spiro atoms. The van der Waals surface area contributed by atoms with Crippen LogP contribution in [0.2, 0.25) is 0 Å². The van der Waals surface area contributed by atoms with E-state index in [-0.39, 0.29) is 48.8 Å². The molecule has 0 aliphatic heterocycles. The van der Waals surface area contributed by atoms with Crippen LogP contribution in [-0.2, 0) is 33.6 Å². The van der Waals surface area contributed by atoms with Crippen molar-refractivity contribution in [3.8, 4) is 0 Å². The number of carbonyl (C=O) groups is 7. The second-order valence-electron chi connectivity index (χ2n) is 16.0. The molecule has 0 bridgehead atoms. The number of aliphatic hydroxyl groups excluding tert-OH is 2. The van der Waals surface area contributed by atoms with Gasteiger partial charge in [0.25, 0.3) is 0 Å². The predicted molar refractivity (Wildman–Crippen MR) is 213 cm³/mol.